The molecule has 0 aliphatic rings. The van der Waals surface area contributed by atoms with E-state index in [1.54, 1.807) is 0 Å². The van der Waals surface area contributed by atoms with Crippen molar-refractivity contribution in [2.24, 2.45) is 0 Å². The number of aromatic nitrogens is 1. The van der Waals surface area contributed by atoms with Gasteiger partial charge in [-0.25, -0.2) is 4.98 Å². The van der Waals surface area contributed by atoms with Gasteiger partial charge in [0.15, 0.2) is 11.7 Å². The minimum absolute atomic E-state index is 0.0555. The van der Waals surface area contributed by atoms with Gasteiger partial charge in [-0.15, -0.1) is 0 Å². The fourth-order valence-electron chi connectivity index (χ4n) is 1.63. The molecule has 4 nitrogen and oxygen atoms in total. The van der Waals surface area contributed by atoms with Crippen LogP contribution in [0.4, 0.5) is 5.13 Å². The lowest BCUT2D eigenvalue weighted by Crippen LogP contribution is -2.20. The van der Waals surface area contributed by atoms with Crippen molar-refractivity contribution in [2.75, 3.05) is 11.9 Å². The van der Waals surface area contributed by atoms with Gasteiger partial charge >= 0.3 is 0 Å². The van der Waals surface area contributed by atoms with Crippen LogP contribution in [-0.2, 0) is 4.79 Å². The summed E-state index contributed by atoms with van der Waals surface area (Å²) in [6, 6.07) is 5.82. The van der Waals surface area contributed by atoms with Crippen molar-refractivity contribution in [1.82, 2.24) is 4.98 Å². The van der Waals surface area contributed by atoms with Crippen molar-refractivity contribution in [3.8, 4) is 5.75 Å². The van der Waals surface area contributed by atoms with Crippen LogP contribution >= 0.6 is 22.9 Å². The van der Waals surface area contributed by atoms with Crippen LogP contribution in [0.2, 0.25) is 4.34 Å². The van der Waals surface area contributed by atoms with Crippen LogP contribution in [0, 0.1) is 13.8 Å². The molecule has 1 aromatic carbocycles. The Bertz CT molecular complexity index is 578. The van der Waals surface area contributed by atoms with E-state index in [9.17, 15) is 4.79 Å². The Morgan fingerprint density at radius 2 is 2.05 bits per heavy atom. The minimum atomic E-state index is -0.259. The molecule has 0 spiro atoms. The summed E-state index contributed by atoms with van der Waals surface area (Å²) in [6.45, 7) is 3.91. The molecule has 1 N–H and O–H groups in total. The SMILES string of the molecule is Cc1cc(C)cc(OCC(=O)Nc2ncc(Cl)s2)c1. The number of carbonyl (C=O) groups excluding carboxylic acids is 1. The summed E-state index contributed by atoms with van der Waals surface area (Å²) in [5.74, 6) is 0.426. The minimum Gasteiger partial charge on any atom is -0.484 e. The smallest absolute Gasteiger partial charge is 0.264 e. The second kappa shape index (κ2) is 6.04. The fraction of sp³-hybridized carbons (Fsp3) is 0.231. The third-order valence-electron chi connectivity index (χ3n) is 2.29. The highest BCUT2D eigenvalue weighted by Crippen LogP contribution is 2.22. The molecule has 19 heavy (non-hydrogen) atoms. The lowest BCUT2D eigenvalue weighted by atomic mass is 10.1. The number of thiazole rings is 1. The largest absolute Gasteiger partial charge is 0.484 e. The number of hydrogen-bond acceptors (Lipinski definition) is 4. The van der Waals surface area contributed by atoms with Crippen LogP contribution in [0.25, 0.3) is 0 Å². The first-order valence-electron chi connectivity index (χ1n) is 5.65. The Kier molecular flexibility index (Phi) is 4.39. The zero-order valence-electron chi connectivity index (χ0n) is 10.6. The average Bonchev–Trinajstić information content (AvgIpc) is 2.71. The molecule has 0 aliphatic carbocycles. The first-order chi connectivity index (χ1) is 9.02. The molecule has 0 radical (unpaired) electrons. The topological polar surface area (TPSA) is 51.2 Å². The molecule has 0 unspecified atom stereocenters. The molecular weight excluding hydrogens is 284 g/mol. The number of nitrogens with one attached hydrogen (secondary N) is 1. The molecule has 100 valence electrons. The van der Waals surface area contributed by atoms with Gasteiger partial charge in [-0.05, 0) is 37.1 Å². The number of rotatable bonds is 4. The van der Waals surface area contributed by atoms with Crippen LogP contribution in [0.5, 0.6) is 5.75 Å². The van der Waals surface area contributed by atoms with Crippen molar-refractivity contribution in [3.05, 3.63) is 39.9 Å². The first-order valence-corrected chi connectivity index (χ1v) is 6.84. The van der Waals surface area contributed by atoms with E-state index in [1.165, 1.54) is 17.5 Å². The van der Waals surface area contributed by atoms with Gasteiger partial charge in [0.2, 0.25) is 0 Å². The van der Waals surface area contributed by atoms with E-state index in [1.807, 2.05) is 32.0 Å². The summed E-state index contributed by atoms with van der Waals surface area (Å²) in [7, 11) is 0. The van der Waals surface area contributed by atoms with Crippen LogP contribution < -0.4 is 10.1 Å². The second-order valence-electron chi connectivity index (χ2n) is 4.13. The molecule has 1 heterocycles. The maximum atomic E-state index is 11.7. The number of hydrogen-bond donors (Lipinski definition) is 1. The molecule has 6 heteroatoms. The Morgan fingerprint density at radius 1 is 1.37 bits per heavy atom. The predicted octanol–water partition coefficient (Wildman–Crippen LogP) is 3.43. The molecule has 0 atom stereocenters. The van der Waals surface area contributed by atoms with E-state index in [0.717, 1.165) is 11.1 Å². The zero-order chi connectivity index (χ0) is 13.8. The van der Waals surface area contributed by atoms with Gasteiger partial charge in [0.25, 0.3) is 5.91 Å². The van der Waals surface area contributed by atoms with Crippen molar-refractivity contribution in [1.29, 1.82) is 0 Å². The fourth-order valence-corrected chi connectivity index (χ4v) is 2.46. The predicted molar refractivity (Wildman–Crippen MR) is 77.2 cm³/mol. The van der Waals surface area contributed by atoms with E-state index < -0.39 is 0 Å². The number of ether oxygens (including phenoxy) is 1. The van der Waals surface area contributed by atoms with Gasteiger partial charge in [0, 0.05) is 0 Å². The highest BCUT2D eigenvalue weighted by molar-refractivity contribution is 7.19. The van der Waals surface area contributed by atoms with Crippen LogP contribution in [0.15, 0.2) is 24.4 Å². The molecular formula is C13H13ClN2O2S. The van der Waals surface area contributed by atoms with E-state index >= 15 is 0 Å². The quantitative estimate of drug-likeness (QED) is 0.940. The highest BCUT2D eigenvalue weighted by atomic mass is 35.5. The highest BCUT2D eigenvalue weighted by Gasteiger charge is 2.07. The Balaban J connectivity index is 1.89. The van der Waals surface area contributed by atoms with Gasteiger partial charge in [-0.1, -0.05) is 29.0 Å². The molecule has 1 amide bonds. The third kappa shape index (κ3) is 4.22. The molecule has 0 saturated carbocycles. The summed E-state index contributed by atoms with van der Waals surface area (Å²) < 4.78 is 5.97. The second-order valence-corrected chi connectivity index (χ2v) is 5.79. The van der Waals surface area contributed by atoms with Crippen molar-refractivity contribution >= 4 is 34.0 Å². The molecule has 0 saturated heterocycles. The zero-order valence-corrected chi connectivity index (χ0v) is 12.1. The van der Waals surface area contributed by atoms with Crippen LogP contribution in [0.1, 0.15) is 11.1 Å². The Labute approximate surface area is 120 Å². The molecule has 0 fully saturated rings. The summed E-state index contributed by atoms with van der Waals surface area (Å²) in [4.78, 5) is 15.6. The van der Waals surface area contributed by atoms with Crippen molar-refractivity contribution in [2.45, 2.75) is 13.8 Å². The number of amides is 1. The number of nitrogens with zero attached hydrogens (tertiary/aromatic N) is 1. The standard InChI is InChI=1S/C13H13ClN2O2S/c1-8-3-9(2)5-10(4-8)18-7-12(17)16-13-15-6-11(14)19-13/h3-6H,7H2,1-2H3,(H,15,16,17). The number of carbonyl (C=O) groups is 1. The Morgan fingerprint density at radius 3 is 2.63 bits per heavy atom. The van der Waals surface area contributed by atoms with E-state index in [0.29, 0.717) is 15.2 Å². The van der Waals surface area contributed by atoms with Crippen LogP contribution in [-0.4, -0.2) is 17.5 Å². The average molecular weight is 297 g/mol. The van der Waals surface area contributed by atoms with Gasteiger partial charge < -0.3 is 4.74 Å². The summed E-state index contributed by atoms with van der Waals surface area (Å²) in [5.41, 5.74) is 2.20. The molecule has 2 rings (SSSR count). The number of benzene rings is 1. The Hall–Kier alpha value is -1.59. The summed E-state index contributed by atoms with van der Waals surface area (Å²) in [6.07, 6.45) is 1.49. The number of anilines is 1. The van der Waals surface area contributed by atoms with Gasteiger partial charge in [-0.3, -0.25) is 10.1 Å². The molecule has 0 aliphatic heterocycles. The third-order valence-corrected chi connectivity index (χ3v) is 3.32. The van der Waals surface area contributed by atoms with Gasteiger partial charge in [0.1, 0.15) is 10.1 Å². The van der Waals surface area contributed by atoms with Crippen molar-refractivity contribution < 1.29 is 9.53 Å². The van der Waals surface area contributed by atoms with E-state index in [-0.39, 0.29) is 12.5 Å². The number of aryl methyl sites for hydroxylation is 2. The van der Waals surface area contributed by atoms with Gasteiger partial charge in [-0.2, -0.15) is 0 Å². The monoisotopic (exact) mass is 296 g/mol. The molecule has 0 bridgehead atoms. The molecule has 1 aromatic heterocycles. The summed E-state index contributed by atoms with van der Waals surface area (Å²) in [5, 5.41) is 3.09. The maximum Gasteiger partial charge on any atom is 0.264 e. The lowest BCUT2D eigenvalue weighted by molar-refractivity contribution is -0.118. The van der Waals surface area contributed by atoms with Crippen LogP contribution in [0.3, 0.4) is 0 Å². The van der Waals surface area contributed by atoms with E-state index in [2.05, 4.69) is 10.3 Å². The normalized spacial score (nSPS) is 10.3. The van der Waals surface area contributed by atoms with Crippen molar-refractivity contribution in [3.63, 3.8) is 0 Å². The lowest BCUT2D eigenvalue weighted by Gasteiger charge is -2.07. The number of halogens is 1. The first kappa shape index (κ1) is 13.8. The van der Waals surface area contributed by atoms with Gasteiger partial charge in [0.05, 0.1) is 6.20 Å². The maximum absolute atomic E-state index is 11.7. The van der Waals surface area contributed by atoms with E-state index in [4.69, 9.17) is 16.3 Å². The summed E-state index contributed by atoms with van der Waals surface area (Å²) >= 11 is 6.93. The molecule has 2 aromatic rings.